The van der Waals surface area contributed by atoms with E-state index in [2.05, 4.69) is 23.3 Å². The fourth-order valence-corrected chi connectivity index (χ4v) is 7.86. The summed E-state index contributed by atoms with van der Waals surface area (Å²) in [5.74, 6) is -1.35. The fraction of sp³-hybridized carbons (Fsp3) is 0.269. The molecule has 0 aliphatic carbocycles. The number of hydrogen-bond donors (Lipinski definition) is 1. The Kier molecular flexibility index (Phi) is 7.38. The SMILES string of the molecule is Cc1ccc2nc(-c3ccc(NC(=O)COC(=O)C4CCN(S(=O)(=O)c5cccs5)CC4)cc3)sc2c1. The molecule has 2 aromatic heterocycles. The summed E-state index contributed by atoms with van der Waals surface area (Å²) in [6, 6.07) is 16.8. The summed E-state index contributed by atoms with van der Waals surface area (Å²) in [5, 5.41) is 5.36. The molecule has 0 atom stereocenters. The highest BCUT2D eigenvalue weighted by Crippen LogP contribution is 2.31. The summed E-state index contributed by atoms with van der Waals surface area (Å²) in [5.41, 5.74) is 3.69. The molecule has 1 fully saturated rings. The number of aryl methyl sites for hydroxylation is 1. The van der Waals surface area contributed by atoms with Gasteiger partial charge in [-0.2, -0.15) is 4.31 Å². The van der Waals surface area contributed by atoms with Gasteiger partial charge >= 0.3 is 5.97 Å². The van der Waals surface area contributed by atoms with E-state index >= 15 is 0 Å². The molecule has 1 aliphatic rings. The summed E-state index contributed by atoms with van der Waals surface area (Å²) in [6.07, 6.45) is 0.718. The number of rotatable bonds is 7. The molecule has 0 unspecified atom stereocenters. The van der Waals surface area contributed by atoms with E-state index in [9.17, 15) is 18.0 Å². The maximum absolute atomic E-state index is 12.6. The van der Waals surface area contributed by atoms with Gasteiger partial charge < -0.3 is 10.1 Å². The van der Waals surface area contributed by atoms with Crippen molar-refractivity contribution in [3.8, 4) is 10.6 Å². The lowest BCUT2D eigenvalue weighted by atomic mass is 9.98. The van der Waals surface area contributed by atoms with Crippen molar-refractivity contribution >= 4 is 60.5 Å². The Balaban J connectivity index is 1.10. The number of carbonyl (C=O) groups is 2. The maximum Gasteiger partial charge on any atom is 0.309 e. The zero-order chi connectivity index (χ0) is 26.0. The number of thiazole rings is 1. The van der Waals surface area contributed by atoms with E-state index in [1.54, 1.807) is 41.0 Å². The summed E-state index contributed by atoms with van der Waals surface area (Å²) < 4.78 is 33.3. The van der Waals surface area contributed by atoms with Crippen LogP contribution in [0.4, 0.5) is 5.69 Å². The Bertz CT molecular complexity index is 1520. The van der Waals surface area contributed by atoms with Gasteiger partial charge in [-0.15, -0.1) is 22.7 Å². The molecule has 2 aromatic carbocycles. The molecule has 8 nitrogen and oxygen atoms in total. The van der Waals surface area contributed by atoms with Crippen LogP contribution in [0, 0.1) is 12.8 Å². The van der Waals surface area contributed by atoms with E-state index in [4.69, 9.17) is 4.74 Å². The predicted octanol–water partition coefficient (Wildman–Crippen LogP) is 4.92. The first-order valence-electron chi connectivity index (χ1n) is 11.8. The van der Waals surface area contributed by atoms with Crippen LogP contribution in [-0.2, 0) is 24.3 Å². The third-order valence-corrected chi connectivity index (χ3v) is 10.5. The summed E-state index contributed by atoms with van der Waals surface area (Å²) >= 11 is 2.79. The minimum atomic E-state index is -3.53. The van der Waals surface area contributed by atoms with Crippen LogP contribution in [-0.4, -0.2) is 49.3 Å². The number of carbonyl (C=O) groups excluding carboxylic acids is 2. The lowest BCUT2D eigenvalue weighted by molar-refractivity contribution is -0.152. The summed E-state index contributed by atoms with van der Waals surface area (Å²) in [4.78, 5) is 29.5. The molecular weight excluding hydrogens is 531 g/mol. The largest absolute Gasteiger partial charge is 0.455 e. The lowest BCUT2D eigenvalue weighted by Gasteiger charge is -2.29. The van der Waals surface area contributed by atoms with Crippen LogP contribution in [0.5, 0.6) is 0 Å². The van der Waals surface area contributed by atoms with Crippen molar-refractivity contribution in [1.29, 1.82) is 0 Å². The van der Waals surface area contributed by atoms with Crippen molar-refractivity contribution in [3.63, 3.8) is 0 Å². The number of hydrogen-bond acceptors (Lipinski definition) is 8. The first-order valence-corrected chi connectivity index (χ1v) is 14.9. The maximum atomic E-state index is 12.6. The molecule has 11 heteroatoms. The Hall–Kier alpha value is -3.12. The van der Waals surface area contributed by atoms with Crippen LogP contribution in [0.3, 0.4) is 0 Å². The van der Waals surface area contributed by atoms with E-state index < -0.39 is 34.4 Å². The number of ether oxygens (including phenoxy) is 1. The second-order valence-electron chi connectivity index (χ2n) is 8.83. The Morgan fingerprint density at radius 1 is 1.11 bits per heavy atom. The number of anilines is 1. The van der Waals surface area contributed by atoms with Gasteiger partial charge in [0, 0.05) is 24.3 Å². The van der Waals surface area contributed by atoms with E-state index in [-0.39, 0.29) is 13.1 Å². The molecule has 0 radical (unpaired) electrons. The molecule has 1 amide bonds. The van der Waals surface area contributed by atoms with E-state index in [0.29, 0.717) is 22.7 Å². The highest BCUT2D eigenvalue weighted by atomic mass is 32.2. The van der Waals surface area contributed by atoms with Gasteiger partial charge in [0.05, 0.1) is 16.1 Å². The van der Waals surface area contributed by atoms with Gasteiger partial charge in [0.2, 0.25) is 0 Å². The highest BCUT2D eigenvalue weighted by molar-refractivity contribution is 7.91. The standard InChI is InChI=1S/C26H25N3O5S3/c1-17-4-9-21-22(15-17)36-25(28-21)18-5-7-20(8-6-18)27-23(30)16-34-26(31)19-10-12-29(13-11-19)37(32,33)24-3-2-14-35-24/h2-9,14-15,19H,10-13,16H2,1H3,(H,27,30). The van der Waals surface area contributed by atoms with Crippen molar-refractivity contribution in [2.75, 3.05) is 25.0 Å². The molecule has 5 rings (SSSR count). The normalized spacial score (nSPS) is 15.1. The number of amides is 1. The van der Waals surface area contributed by atoms with Crippen molar-refractivity contribution in [1.82, 2.24) is 9.29 Å². The number of piperidine rings is 1. The third-order valence-electron chi connectivity index (χ3n) is 6.18. The molecule has 1 saturated heterocycles. The van der Waals surface area contributed by atoms with Gasteiger partial charge in [0.1, 0.15) is 9.22 Å². The predicted molar refractivity (Wildman–Crippen MR) is 145 cm³/mol. The molecular formula is C26H25N3O5S3. The number of benzene rings is 2. The van der Waals surface area contributed by atoms with Crippen LogP contribution < -0.4 is 5.32 Å². The Morgan fingerprint density at radius 2 is 1.86 bits per heavy atom. The van der Waals surface area contributed by atoms with Crippen molar-refractivity contribution in [3.05, 3.63) is 65.5 Å². The zero-order valence-corrected chi connectivity index (χ0v) is 22.5. The van der Waals surface area contributed by atoms with Crippen molar-refractivity contribution < 1.29 is 22.7 Å². The van der Waals surface area contributed by atoms with Crippen LogP contribution in [0.2, 0.25) is 0 Å². The van der Waals surface area contributed by atoms with Crippen LogP contribution in [0.25, 0.3) is 20.8 Å². The van der Waals surface area contributed by atoms with E-state index in [1.165, 1.54) is 21.2 Å². The minimum Gasteiger partial charge on any atom is -0.455 e. The highest BCUT2D eigenvalue weighted by Gasteiger charge is 2.33. The number of fused-ring (bicyclic) bond motifs is 1. The van der Waals surface area contributed by atoms with Crippen LogP contribution in [0.15, 0.2) is 64.2 Å². The van der Waals surface area contributed by atoms with Crippen LogP contribution >= 0.6 is 22.7 Å². The molecule has 192 valence electrons. The Labute approximate surface area is 223 Å². The fourth-order valence-electron chi connectivity index (χ4n) is 4.17. The van der Waals surface area contributed by atoms with E-state index in [0.717, 1.165) is 20.8 Å². The molecule has 0 saturated carbocycles. The number of esters is 1. The first kappa shape index (κ1) is 25.5. The van der Waals surface area contributed by atoms with E-state index in [1.807, 2.05) is 24.3 Å². The summed E-state index contributed by atoms with van der Waals surface area (Å²) in [7, 11) is -3.53. The number of nitrogens with zero attached hydrogens (tertiary/aromatic N) is 2. The van der Waals surface area contributed by atoms with Gasteiger partial charge in [0.25, 0.3) is 15.9 Å². The average Bonchev–Trinajstić information content (AvgIpc) is 3.58. The number of sulfonamides is 1. The smallest absolute Gasteiger partial charge is 0.309 e. The van der Waals surface area contributed by atoms with Crippen molar-refractivity contribution in [2.45, 2.75) is 24.0 Å². The van der Waals surface area contributed by atoms with Gasteiger partial charge in [-0.25, -0.2) is 13.4 Å². The summed E-state index contributed by atoms with van der Waals surface area (Å²) in [6.45, 7) is 2.14. The van der Waals surface area contributed by atoms with Gasteiger partial charge in [0.15, 0.2) is 6.61 Å². The lowest BCUT2D eigenvalue weighted by Crippen LogP contribution is -2.40. The molecule has 1 aliphatic heterocycles. The van der Waals surface area contributed by atoms with Gasteiger partial charge in [-0.05, 0) is 73.2 Å². The third kappa shape index (κ3) is 5.74. The molecule has 37 heavy (non-hydrogen) atoms. The van der Waals surface area contributed by atoms with Gasteiger partial charge in [-0.1, -0.05) is 12.1 Å². The minimum absolute atomic E-state index is 0.243. The van der Waals surface area contributed by atoms with Crippen molar-refractivity contribution in [2.24, 2.45) is 5.92 Å². The number of aromatic nitrogens is 1. The number of thiophene rings is 1. The quantitative estimate of drug-likeness (QED) is 0.325. The average molecular weight is 556 g/mol. The monoisotopic (exact) mass is 555 g/mol. The van der Waals surface area contributed by atoms with Crippen LogP contribution in [0.1, 0.15) is 18.4 Å². The zero-order valence-electron chi connectivity index (χ0n) is 20.0. The first-order chi connectivity index (χ1) is 17.8. The second kappa shape index (κ2) is 10.7. The molecule has 4 aromatic rings. The molecule has 1 N–H and O–H groups in total. The Morgan fingerprint density at radius 3 is 2.57 bits per heavy atom. The number of nitrogens with one attached hydrogen (secondary N) is 1. The molecule has 3 heterocycles. The topological polar surface area (TPSA) is 106 Å². The molecule has 0 bridgehead atoms. The van der Waals surface area contributed by atoms with Gasteiger partial charge in [-0.3, -0.25) is 9.59 Å². The second-order valence-corrected chi connectivity index (χ2v) is 13.0. The molecule has 0 spiro atoms.